The van der Waals surface area contributed by atoms with E-state index in [0.717, 1.165) is 66.9 Å². The molecule has 0 aromatic carbocycles. The fourth-order valence-electron chi connectivity index (χ4n) is 5.10. The smallest absolute Gasteiger partial charge is 0.303 e. The Morgan fingerprint density at radius 3 is 1.56 bits per heavy atom. The van der Waals surface area contributed by atoms with Crippen molar-refractivity contribution >= 4 is 56.3 Å². The number of allylic oxidation sites excluding steroid dienone is 4. The number of carboxylic acids is 2. The summed E-state index contributed by atoms with van der Waals surface area (Å²) < 4.78 is 0. The summed E-state index contributed by atoms with van der Waals surface area (Å²) in [5, 5.41) is 18.7. The molecular weight excluding hydrogens is 675 g/mol. The number of aromatic nitrogens is 4. The number of aryl methyl sites for hydroxylation is 2. The SMILES string of the molecule is CC1=C(CCC(=O)O)c2cc3nc(cc4[nH]c(cc4C)cc4[nH]c(cc1n2)cc4C)C(C)=C3CCC(=O)O.[Pt]. The number of hydrogen-bond acceptors (Lipinski definition) is 4. The first-order chi connectivity index (χ1) is 18.1. The number of aliphatic carboxylic acids is 2. The zero-order valence-corrected chi connectivity index (χ0v) is 24.5. The van der Waals surface area contributed by atoms with Crippen LogP contribution in [0.25, 0.3) is 44.4 Å². The molecule has 0 saturated heterocycles. The summed E-state index contributed by atoms with van der Waals surface area (Å²) in [6, 6.07) is 12.1. The number of rotatable bonds is 6. The largest absolute Gasteiger partial charge is 0.481 e. The standard InChI is InChI=1S/C30H30N4O4.Pt/c1-15-9-20-12-25-17(3)21(5-7-29(35)36)27(33-25)14-28-22(6-8-30(37)38)18(4)26(34-28)13-24-16(2)10-19(32-24)11-23(15)31-20;/h9-14,31-32H,5-8H2,1-4H3,(H,35,36)(H,37,38);. The van der Waals surface area contributed by atoms with Crippen molar-refractivity contribution in [2.45, 2.75) is 53.4 Å². The van der Waals surface area contributed by atoms with Gasteiger partial charge in [-0.2, -0.15) is 0 Å². The zero-order valence-electron chi connectivity index (χ0n) is 22.2. The Balaban J connectivity index is 0.00000353. The molecule has 0 aliphatic carbocycles. The van der Waals surface area contributed by atoms with Crippen LogP contribution in [0.4, 0.5) is 0 Å². The van der Waals surface area contributed by atoms with Gasteiger partial charge in [0.05, 0.1) is 22.8 Å². The Labute approximate surface area is 240 Å². The molecule has 5 heterocycles. The van der Waals surface area contributed by atoms with Crippen LogP contribution in [-0.4, -0.2) is 42.1 Å². The maximum Gasteiger partial charge on any atom is 0.303 e. The quantitative estimate of drug-likeness (QED) is 0.231. The molecule has 8 bridgehead atoms. The van der Waals surface area contributed by atoms with Gasteiger partial charge in [0.2, 0.25) is 0 Å². The third-order valence-electron chi connectivity index (χ3n) is 7.25. The first kappa shape index (κ1) is 28.2. The van der Waals surface area contributed by atoms with E-state index in [-0.39, 0.29) is 33.9 Å². The van der Waals surface area contributed by atoms with E-state index in [0.29, 0.717) is 24.2 Å². The topological polar surface area (TPSA) is 132 Å². The van der Waals surface area contributed by atoms with E-state index in [1.54, 1.807) is 0 Å². The Morgan fingerprint density at radius 1 is 0.641 bits per heavy atom. The van der Waals surface area contributed by atoms with E-state index in [4.69, 9.17) is 9.97 Å². The predicted octanol–water partition coefficient (Wildman–Crippen LogP) is 6.52. The van der Waals surface area contributed by atoms with Crippen LogP contribution in [0.2, 0.25) is 0 Å². The van der Waals surface area contributed by atoms with Crippen molar-refractivity contribution in [1.29, 1.82) is 0 Å². The molecule has 204 valence electrons. The number of carbonyl (C=O) groups is 2. The summed E-state index contributed by atoms with van der Waals surface area (Å²) in [4.78, 5) is 39.6. The fourth-order valence-corrected chi connectivity index (χ4v) is 5.10. The van der Waals surface area contributed by atoms with Crippen molar-refractivity contribution in [3.8, 4) is 0 Å². The minimum absolute atomic E-state index is 0. The summed E-state index contributed by atoms with van der Waals surface area (Å²) in [7, 11) is 0. The summed E-state index contributed by atoms with van der Waals surface area (Å²) in [6.45, 7) is 8.01. The van der Waals surface area contributed by atoms with Crippen LogP contribution in [0, 0.1) is 13.8 Å². The molecule has 0 spiro atoms. The average molecular weight is 706 g/mol. The van der Waals surface area contributed by atoms with Crippen molar-refractivity contribution in [1.82, 2.24) is 19.9 Å². The third kappa shape index (κ3) is 5.81. The number of carboxylic acid groups (broad SMARTS) is 2. The number of aromatic amines is 2. The van der Waals surface area contributed by atoms with Crippen LogP contribution in [0.5, 0.6) is 0 Å². The molecule has 39 heavy (non-hydrogen) atoms. The van der Waals surface area contributed by atoms with Crippen LogP contribution >= 0.6 is 0 Å². The number of hydrogen-bond donors (Lipinski definition) is 4. The monoisotopic (exact) mass is 705 g/mol. The van der Waals surface area contributed by atoms with Gasteiger partial charge in [0.25, 0.3) is 0 Å². The molecule has 0 unspecified atom stereocenters. The molecule has 2 aliphatic heterocycles. The average Bonchev–Trinajstić information content (AvgIpc) is 3.53. The van der Waals surface area contributed by atoms with Crippen molar-refractivity contribution in [2.75, 3.05) is 0 Å². The normalized spacial score (nSPS) is 13.0. The molecule has 0 radical (unpaired) electrons. The molecule has 2 aliphatic rings. The van der Waals surface area contributed by atoms with E-state index >= 15 is 0 Å². The Hall–Kier alpha value is -3.77. The summed E-state index contributed by atoms with van der Waals surface area (Å²) in [5.74, 6) is -1.75. The Kier molecular flexibility index (Phi) is 8.07. The van der Waals surface area contributed by atoms with Gasteiger partial charge in [-0.05, 0) is 110 Å². The van der Waals surface area contributed by atoms with Crippen molar-refractivity contribution < 1.29 is 40.9 Å². The van der Waals surface area contributed by atoms with Crippen molar-refractivity contribution in [3.63, 3.8) is 0 Å². The van der Waals surface area contributed by atoms with Crippen LogP contribution in [0.15, 0.2) is 36.4 Å². The molecule has 9 heteroatoms. The first-order valence-electron chi connectivity index (χ1n) is 12.6. The van der Waals surface area contributed by atoms with Gasteiger partial charge < -0.3 is 20.2 Å². The van der Waals surface area contributed by atoms with Crippen LogP contribution in [0.1, 0.15) is 73.4 Å². The third-order valence-corrected chi connectivity index (χ3v) is 7.25. The van der Waals surface area contributed by atoms with E-state index < -0.39 is 11.9 Å². The molecule has 0 saturated carbocycles. The second-order valence-electron chi connectivity index (χ2n) is 9.98. The number of nitrogens with zero attached hydrogens (tertiary/aromatic N) is 2. The van der Waals surface area contributed by atoms with Gasteiger partial charge >= 0.3 is 11.9 Å². The zero-order chi connectivity index (χ0) is 27.1. The number of fused-ring (bicyclic) bond motifs is 8. The predicted molar refractivity (Wildman–Crippen MR) is 149 cm³/mol. The minimum Gasteiger partial charge on any atom is -0.481 e. The minimum atomic E-state index is -0.873. The molecular formula is C30H30N4O4Pt. The Morgan fingerprint density at radius 2 is 1.08 bits per heavy atom. The van der Waals surface area contributed by atoms with Crippen molar-refractivity contribution in [2.24, 2.45) is 0 Å². The van der Waals surface area contributed by atoms with Gasteiger partial charge in [0, 0.05) is 56.0 Å². The van der Waals surface area contributed by atoms with Gasteiger partial charge in [0.1, 0.15) is 0 Å². The van der Waals surface area contributed by atoms with Gasteiger partial charge in [-0.3, -0.25) is 9.59 Å². The second-order valence-corrected chi connectivity index (χ2v) is 9.98. The van der Waals surface area contributed by atoms with Crippen molar-refractivity contribution in [3.05, 3.63) is 70.3 Å². The summed E-state index contributed by atoms with van der Waals surface area (Å²) in [6.07, 6.45) is 0.647. The van der Waals surface area contributed by atoms with Crippen LogP contribution in [0.3, 0.4) is 0 Å². The van der Waals surface area contributed by atoms with E-state index in [1.165, 1.54) is 0 Å². The maximum absolute atomic E-state index is 11.4. The Bertz CT molecular complexity index is 1730. The van der Waals surface area contributed by atoms with Gasteiger partial charge in [0.15, 0.2) is 0 Å². The van der Waals surface area contributed by atoms with Crippen LogP contribution in [-0.2, 0) is 30.7 Å². The summed E-state index contributed by atoms with van der Waals surface area (Å²) in [5.41, 5.74) is 12.4. The van der Waals surface area contributed by atoms with Gasteiger partial charge in [-0.25, -0.2) is 9.97 Å². The van der Waals surface area contributed by atoms with Gasteiger partial charge in [-0.1, -0.05) is 0 Å². The molecule has 8 nitrogen and oxygen atoms in total. The number of H-pyrrole nitrogens is 2. The van der Waals surface area contributed by atoms with E-state index in [2.05, 4.69) is 35.1 Å². The molecule has 0 amide bonds. The van der Waals surface area contributed by atoms with Crippen LogP contribution < -0.4 is 0 Å². The van der Waals surface area contributed by atoms with Gasteiger partial charge in [-0.15, -0.1) is 0 Å². The fraction of sp³-hybridized carbons (Fsp3) is 0.267. The molecule has 0 atom stereocenters. The molecule has 4 N–H and O–H groups in total. The van der Waals surface area contributed by atoms with E-state index in [1.807, 2.05) is 39.0 Å². The van der Waals surface area contributed by atoms with E-state index in [9.17, 15) is 19.8 Å². The maximum atomic E-state index is 11.4. The molecule has 3 aromatic heterocycles. The summed E-state index contributed by atoms with van der Waals surface area (Å²) >= 11 is 0. The second kappa shape index (κ2) is 11.1. The molecule has 0 fully saturated rings. The first-order valence-corrected chi connectivity index (χ1v) is 12.6. The number of nitrogens with one attached hydrogen (secondary N) is 2. The molecule has 3 aromatic rings. The molecule has 5 rings (SSSR count).